The zero-order chi connectivity index (χ0) is 11.5. The van der Waals surface area contributed by atoms with Crippen molar-refractivity contribution >= 4 is 31.9 Å². The first-order valence-corrected chi connectivity index (χ1v) is 6.92. The normalized spacial score (nSPS) is 15.0. The monoisotopic (exact) mass is 336 g/mol. The summed E-state index contributed by atoms with van der Waals surface area (Å²) in [5.41, 5.74) is 0.912. The Kier molecular flexibility index (Phi) is 4.78. The lowest BCUT2D eigenvalue weighted by molar-refractivity contribution is 0.355. The molecule has 0 spiro atoms. The smallest absolute Gasteiger partial charge is 0.126 e. The lowest BCUT2D eigenvalue weighted by Crippen LogP contribution is -2.21. The zero-order valence-corrected chi connectivity index (χ0v) is 12.2. The standard InChI is InChI=1S/C12H15Br2F/c1-3-12(2,8-13)7-9-6-10(14)4-5-11(9)15/h4-6H,3,7-8H2,1-2H3. The van der Waals surface area contributed by atoms with E-state index in [-0.39, 0.29) is 11.2 Å². The second-order valence-corrected chi connectivity index (χ2v) is 5.69. The van der Waals surface area contributed by atoms with Gasteiger partial charge in [-0.25, -0.2) is 4.39 Å². The molecule has 0 bridgehead atoms. The molecule has 0 amide bonds. The average molecular weight is 338 g/mol. The van der Waals surface area contributed by atoms with Crippen LogP contribution >= 0.6 is 31.9 Å². The van der Waals surface area contributed by atoms with Gasteiger partial charge >= 0.3 is 0 Å². The van der Waals surface area contributed by atoms with Crippen molar-refractivity contribution in [2.45, 2.75) is 26.7 Å². The van der Waals surface area contributed by atoms with Gasteiger partial charge in [-0.3, -0.25) is 0 Å². The Morgan fingerprint density at radius 1 is 1.40 bits per heavy atom. The molecule has 0 aromatic heterocycles. The predicted molar refractivity (Wildman–Crippen MR) is 70.0 cm³/mol. The number of hydrogen-bond acceptors (Lipinski definition) is 0. The molecule has 0 aliphatic rings. The van der Waals surface area contributed by atoms with Gasteiger partial charge in [-0.2, -0.15) is 0 Å². The first-order chi connectivity index (χ1) is 7.00. The van der Waals surface area contributed by atoms with E-state index in [2.05, 4.69) is 45.7 Å². The van der Waals surface area contributed by atoms with Gasteiger partial charge in [0.25, 0.3) is 0 Å². The van der Waals surface area contributed by atoms with Crippen molar-refractivity contribution in [3.63, 3.8) is 0 Å². The van der Waals surface area contributed by atoms with E-state index in [9.17, 15) is 4.39 Å². The van der Waals surface area contributed by atoms with Crippen LogP contribution in [0, 0.1) is 11.2 Å². The van der Waals surface area contributed by atoms with Crippen molar-refractivity contribution in [2.75, 3.05) is 5.33 Å². The molecule has 0 saturated heterocycles. The van der Waals surface area contributed by atoms with Gasteiger partial charge in [0.1, 0.15) is 5.82 Å². The van der Waals surface area contributed by atoms with Gasteiger partial charge in [-0.05, 0) is 42.0 Å². The van der Waals surface area contributed by atoms with Crippen molar-refractivity contribution in [2.24, 2.45) is 5.41 Å². The van der Waals surface area contributed by atoms with E-state index in [0.717, 1.165) is 28.2 Å². The van der Waals surface area contributed by atoms with Gasteiger partial charge in [0.15, 0.2) is 0 Å². The fourth-order valence-corrected chi connectivity index (χ4v) is 2.41. The molecule has 15 heavy (non-hydrogen) atoms. The van der Waals surface area contributed by atoms with Crippen LogP contribution in [0.2, 0.25) is 0 Å². The molecule has 0 heterocycles. The highest BCUT2D eigenvalue weighted by molar-refractivity contribution is 9.10. The van der Waals surface area contributed by atoms with E-state index >= 15 is 0 Å². The van der Waals surface area contributed by atoms with Crippen molar-refractivity contribution in [3.05, 3.63) is 34.1 Å². The molecule has 0 N–H and O–H groups in total. The minimum atomic E-state index is -0.112. The van der Waals surface area contributed by atoms with Crippen molar-refractivity contribution < 1.29 is 4.39 Å². The fraction of sp³-hybridized carbons (Fsp3) is 0.500. The molecular weight excluding hydrogens is 323 g/mol. The Balaban J connectivity index is 2.92. The van der Waals surface area contributed by atoms with Crippen molar-refractivity contribution in [1.29, 1.82) is 0 Å². The zero-order valence-electron chi connectivity index (χ0n) is 8.99. The second-order valence-electron chi connectivity index (χ2n) is 4.21. The molecule has 0 saturated carbocycles. The molecule has 84 valence electrons. The van der Waals surface area contributed by atoms with Crippen LogP contribution in [-0.4, -0.2) is 5.33 Å². The summed E-state index contributed by atoms with van der Waals surface area (Å²) < 4.78 is 14.5. The van der Waals surface area contributed by atoms with Gasteiger partial charge in [-0.15, -0.1) is 0 Å². The summed E-state index contributed by atoms with van der Waals surface area (Å²) in [6.45, 7) is 4.30. The molecular formula is C12H15Br2F. The van der Waals surface area contributed by atoms with Crippen LogP contribution < -0.4 is 0 Å². The highest BCUT2D eigenvalue weighted by Gasteiger charge is 2.22. The summed E-state index contributed by atoms with van der Waals surface area (Å²) in [5.74, 6) is -0.112. The van der Waals surface area contributed by atoms with Crippen LogP contribution in [0.5, 0.6) is 0 Å². The Morgan fingerprint density at radius 3 is 2.60 bits per heavy atom. The van der Waals surface area contributed by atoms with Crippen LogP contribution in [0.1, 0.15) is 25.8 Å². The summed E-state index contributed by atoms with van der Waals surface area (Å²) in [6.07, 6.45) is 1.80. The largest absolute Gasteiger partial charge is 0.207 e. The van der Waals surface area contributed by atoms with Crippen LogP contribution in [0.4, 0.5) is 4.39 Å². The molecule has 0 nitrogen and oxygen atoms in total. The van der Waals surface area contributed by atoms with Crippen LogP contribution in [0.25, 0.3) is 0 Å². The fourth-order valence-electron chi connectivity index (χ4n) is 1.41. The average Bonchev–Trinajstić information content (AvgIpc) is 2.23. The third-order valence-corrected chi connectivity index (χ3v) is 4.65. The third kappa shape index (κ3) is 3.56. The van der Waals surface area contributed by atoms with Crippen LogP contribution in [0.15, 0.2) is 22.7 Å². The number of alkyl halides is 1. The first-order valence-electron chi connectivity index (χ1n) is 5.00. The Bertz CT molecular complexity index is 332. The minimum absolute atomic E-state index is 0.112. The maximum atomic E-state index is 13.5. The lowest BCUT2D eigenvalue weighted by Gasteiger charge is -2.26. The predicted octanol–water partition coefficient (Wildman–Crippen LogP) is 4.94. The maximum Gasteiger partial charge on any atom is 0.126 e. The lowest BCUT2D eigenvalue weighted by atomic mass is 9.83. The Labute approximate surface area is 108 Å². The summed E-state index contributed by atoms with van der Waals surface area (Å²) in [6, 6.07) is 5.12. The Morgan fingerprint density at radius 2 is 2.07 bits per heavy atom. The summed E-state index contributed by atoms with van der Waals surface area (Å²) in [4.78, 5) is 0. The molecule has 1 rings (SSSR count). The van der Waals surface area contributed by atoms with E-state index in [1.807, 2.05) is 6.07 Å². The van der Waals surface area contributed by atoms with Crippen molar-refractivity contribution in [3.8, 4) is 0 Å². The molecule has 0 aliphatic heterocycles. The molecule has 0 fully saturated rings. The van der Waals surface area contributed by atoms with Crippen LogP contribution in [0.3, 0.4) is 0 Å². The molecule has 1 unspecified atom stereocenters. The van der Waals surface area contributed by atoms with E-state index in [4.69, 9.17) is 0 Å². The summed E-state index contributed by atoms with van der Waals surface area (Å²) in [5, 5.41) is 0.891. The highest BCUT2D eigenvalue weighted by Crippen LogP contribution is 2.30. The molecule has 1 aromatic carbocycles. The van der Waals surface area contributed by atoms with Gasteiger partial charge in [0.2, 0.25) is 0 Å². The van der Waals surface area contributed by atoms with Gasteiger partial charge < -0.3 is 0 Å². The van der Waals surface area contributed by atoms with Gasteiger partial charge in [0, 0.05) is 9.80 Å². The second kappa shape index (κ2) is 5.44. The van der Waals surface area contributed by atoms with Crippen LogP contribution in [-0.2, 0) is 6.42 Å². The molecule has 3 heteroatoms. The van der Waals surface area contributed by atoms with E-state index in [0.29, 0.717) is 0 Å². The van der Waals surface area contributed by atoms with Crippen molar-refractivity contribution in [1.82, 2.24) is 0 Å². The van der Waals surface area contributed by atoms with E-state index in [1.54, 1.807) is 6.07 Å². The molecule has 0 radical (unpaired) electrons. The molecule has 1 atom stereocenters. The maximum absolute atomic E-state index is 13.5. The Hall–Kier alpha value is 0.110. The number of benzene rings is 1. The summed E-state index contributed by atoms with van der Waals surface area (Å²) in [7, 11) is 0. The minimum Gasteiger partial charge on any atom is -0.207 e. The summed E-state index contributed by atoms with van der Waals surface area (Å²) >= 11 is 6.87. The van der Waals surface area contributed by atoms with Gasteiger partial charge in [-0.1, -0.05) is 45.7 Å². The van der Waals surface area contributed by atoms with E-state index < -0.39 is 0 Å². The number of hydrogen-bond donors (Lipinski definition) is 0. The number of halogens is 3. The topological polar surface area (TPSA) is 0 Å². The quantitative estimate of drug-likeness (QED) is 0.682. The number of rotatable bonds is 4. The highest BCUT2D eigenvalue weighted by atomic mass is 79.9. The van der Waals surface area contributed by atoms with Gasteiger partial charge in [0.05, 0.1) is 0 Å². The first kappa shape index (κ1) is 13.2. The molecule has 1 aromatic rings. The van der Waals surface area contributed by atoms with E-state index in [1.165, 1.54) is 6.07 Å². The SMILES string of the molecule is CCC(C)(CBr)Cc1cc(Br)ccc1F. The molecule has 0 aliphatic carbocycles. The third-order valence-electron chi connectivity index (χ3n) is 2.80.